The van der Waals surface area contributed by atoms with Gasteiger partial charge in [-0.3, -0.25) is 4.79 Å². The maximum absolute atomic E-state index is 11.6. The molecule has 1 heterocycles. The highest BCUT2D eigenvalue weighted by atomic mass is 127. The minimum absolute atomic E-state index is 0.0155. The fourth-order valence-corrected chi connectivity index (χ4v) is 2.44. The normalized spacial score (nSPS) is 10.4. The number of hydrogen-bond donors (Lipinski definition) is 1. The molecule has 0 saturated heterocycles. The Balaban J connectivity index is 2.11. The topological polar surface area (TPSA) is 38.3 Å². The molecule has 0 spiro atoms. The Morgan fingerprint density at radius 3 is 3.00 bits per heavy atom. The van der Waals surface area contributed by atoms with Crippen LogP contribution in [0.1, 0.15) is 30.1 Å². The van der Waals surface area contributed by atoms with Crippen molar-refractivity contribution in [1.82, 2.24) is 5.32 Å². The lowest BCUT2D eigenvalue weighted by Gasteiger charge is -2.04. The van der Waals surface area contributed by atoms with Crippen LogP contribution in [0.25, 0.3) is 0 Å². The average Bonchev–Trinajstić information content (AvgIpc) is 2.70. The molecule has 0 atom stereocenters. The Labute approximate surface area is 114 Å². The Morgan fingerprint density at radius 1 is 1.56 bits per heavy atom. The van der Waals surface area contributed by atoms with Crippen LogP contribution < -0.4 is 5.32 Å². The fourth-order valence-electron chi connectivity index (χ4n) is 1.12. The lowest BCUT2D eigenvalue weighted by Crippen LogP contribution is -2.26. The quantitative estimate of drug-likeness (QED) is 0.605. The summed E-state index contributed by atoms with van der Waals surface area (Å²) in [4.78, 5) is 11.6. The molecule has 0 aliphatic rings. The van der Waals surface area contributed by atoms with E-state index in [1.54, 1.807) is 11.3 Å². The van der Waals surface area contributed by atoms with E-state index >= 15 is 0 Å². The molecule has 0 bridgehead atoms. The van der Waals surface area contributed by atoms with E-state index in [0.29, 0.717) is 13.2 Å². The van der Waals surface area contributed by atoms with E-state index in [1.165, 1.54) is 0 Å². The van der Waals surface area contributed by atoms with Crippen molar-refractivity contribution in [2.45, 2.75) is 19.8 Å². The van der Waals surface area contributed by atoms with Crippen molar-refractivity contribution in [3.05, 3.63) is 19.9 Å². The van der Waals surface area contributed by atoms with Gasteiger partial charge in [-0.25, -0.2) is 0 Å². The maximum Gasteiger partial charge on any atom is 0.252 e. The van der Waals surface area contributed by atoms with E-state index in [4.69, 9.17) is 4.74 Å². The highest BCUT2D eigenvalue weighted by molar-refractivity contribution is 14.1. The van der Waals surface area contributed by atoms with Crippen molar-refractivity contribution in [2.75, 3.05) is 19.8 Å². The summed E-state index contributed by atoms with van der Waals surface area (Å²) in [6.07, 6.45) is 2.22. The summed E-state index contributed by atoms with van der Waals surface area (Å²) in [7, 11) is 0. The predicted molar refractivity (Wildman–Crippen MR) is 75.1 cm³/mol. The fraction of sp³-hybridized carbons (Fsp3) is 0.545. The standard InChI is InChI=1S/C11H16INO2S/c1-2-3-5-15-6-4-13-11(14)9-7-10(12)16-8-9/h7-8H,2-6H2,1H3,(H,13,14). The summed E-state index contributed by atoms with van der Waals surface area (Å²) in [6.45, 7) is 4.08. The van der Waals surface area contributed by atoms with Crippen LogP contribution in [-0.4, -0.2) is 25.7 Å². The Morgan fingerprint density at radius 2 is 2.38 bits per heavy atom. The molecule has 0 radical (unpaired) electrons. The van der Waals surface area contributed by atoms with Crippen LogP contribution in [-0.2, 0) is 4.74 Å². The molecule has 0 saturated carbocycles. The molecule has 0 aromatic carbocycles. The lowest BCUT2D eigenvalue weighted by atomic mass is 10.3. The molecule has 3 nitrogen and oxygen atoms in total. The van der Waals surface area contributed by atoms with Crippen molar-refractivity contribution < 1.29 is 9.53 Å². The number of carbonyl (C=O) groups is 1. The van der Waals surface area contributed by atoms with Crippen molar-refractivity contribution in [1.29, 1.82) is 0 Å². The van der Waals surface area contributed by atoms with Gasteiger partial charge in [-0.1, -0.05) is 13.3 Å². The first kappa shape index (κ1) is 13.9. The summed E-state index contributed by atoms with van der Waals surface area (Å²) < 4.78 is 6.48. The van der Waals surface area contributed by atoms with E-state index in [0.717, 1.165) is 27.9 Å². The molecular weight excluding hydrogens is 337 g/mol. The van der Waals surface area contributed by atoms with Gasteiger partial charge in [0.1, 0.15) is 0 Å². The molecule has 0 aliphatic carbocycles. The van der Waals surface area contributed by atoms with Gasteiger partial charge in [0.15, 0.2) is 0 Å². The third kappa shape index (κ3) is 5.27. The van der Waals surface area contributed by atoms with Gasteiger partial charge in [0, 0.05) is 18.5 Å². The van der Waals surface area contributed by atoms with Crippen LogP contribution in [0.2, 0.25) is 0 Å². The van der Waals surface area contributed by atoms with Crippen molar-refractivity contribution in [3.63, 3.8) is 0 Å². The van der Waals surface area contributed by atoms with Gasteiger partial charge in [-0.2, -0.15) is 0 Å². The van der Waals surface area contributed by atoms with E-state index < -0.39 is 0 Å². The first-order chi connectivity index (χ1) is 7.74. The number of thiophene rings is 1. The third-order valence-corrected chi connectivity index (χ3v) is 3.79. The number of unbranched alkanes of at least 4 members (excludes halogenated alkanes) is 1. The molecule has 0 fully saturated rings. The van der Waals surface area contributed by atoms with E-state index in [-0.39, 0.29) is 5.91 Å². The first-order valence-corrected chi connectivity index (χ1v) is 7.30. The van der Waals surface area contributed by atoms with Gasteiger partial charge in [0.2, 0.25) is 0 Å². The van der Waals surface area contributed by atoms with Crippen molar-refractivity contribution in [3.8, 4) is 0 Å². The van der Waals surface area contributed by atoms with Gasteiger partial charge < -0.3 is 10.1 Å². The van der Waals surface area contributed by atoms with E-state index in [1.807, 2.05) is 11.4 Å². The molecular formula is C11H16INO2S. The summed E-state index contributed by atoms with van der Waals surface area (Å²) in [5, 5.41) is 4.70. The second-order valence-electron chi connectivity index (χ2n) is 3.36. The number of rotatable bonds is 7. The first-order valence-electron chi connectivity index (χ1n) is 5.34. The third-order valence-electron chi connectivity index (χ3n) is 2.00. The number of ether oxygens (including phenoxy) is 1. The summed E-state index contributed by atoms with van der Waals surface area (Å²) in [5.41, 5.74) is 0.739. The maximum atomic E-state index is 11.6. The SMILES string of the molecule is CCCCOCCNC(=O)c1csc(I)c1. The Bertz CT molecular complexity index is 328. The summed E-state index contributed by atoms with van der Waals surface area (Å²) in [6, 6.07) is 1.89. The Hall–Kier alpha value is -0.140. The smallest absolute Gasteiger partial charge is 0.252 e. The summed E-state index contributed by atoms with van der Waals surface area (Å²) in [5.74, 6) is -0.0155. The molecule has 0 aliphatic heterocycles. The zero-order valence-corrected chi connectivity index (χ0v) is 12.3. The number of hydrogen-bond acceptors (Lipinski definition) is 3. The molecule has 16 heavy (non-hydrogen) atoms. The minimum Gasteiger partial charge on any atom is -0.380 e. The van der Waals surface area contributed by atoms with Crippen LogP contribution in [0.3, 0.4) is 0 Å². The van der Waals surface area contributed by atoms with Crippen LogP contribution in [0.4, 0.5) is 0 Å². The number of halogens is 1. The molecule has 1 amide bonds. The molecule has 90 valence electrons. The van der Waals surface area contributed by atoms with Gasteiger partial charge in [0.25, 0.3) is 5.91 Å². The molecule has 1 rings (SSSR count). The van der Waals surface area contributed by atoms with Crippen LogP contribution >= 0.6 is 33.9 Å². The average molecular weight is 353 g/mol. The second kappa shape index (κ2) is 8.03. The van der Waals surface area contributed by atoms with E-state index in [9.17, 15) is 4.79 Å². The molecule has 5 heteroatoms. The van der Waals surface area contributed by atoms with Crippen LogP contribution in [0.5, 0.6) is 0 Å². The van der Waals surface area contributed by atoms with Crippen molar-refractivity contribution >= 4 is 39.8 Å². The highest BCUT2D eigenvalue weighted by Gasteiger charge is 2.06. The number of nitrogens with one attached hydrogen (secondary N) is 1. The van der Waals surface area contributed by atoms with Gasteiger partial charge in [-0.15, -0.1) is 11.3 Å². The molecule has 1 N–H and O–H groups in total. The van der Waals surface area contributed by atoms with Gasteiger partial charge >= 0.3 is 0 Å². The monoisotopic (exact) mass is 353 g/mol. The second-order valence-corrected chi connectivity index (χ2v) is 6.17. The largest absolute Gasteiger partial charge is 0.380 e. The van der Waals surface area contributed by atoms with Crippen molar-refractivity contribution in [2.24, 2.45) is 0 Å². The number of amides is 1. The van der Waals surface area contributed by atoms with Crippen LogP contribution in [0, 0.1) is 2.88 Å². The zero-order chi connectivity index (χ0) is 11.8. The zero-order valence-electron chi connectivity index (χ0n) is 9.29. The van der Waals surface area contributed by atoms with Crippen LogP contribution in [0.15, 0.2) is 11.4 Å². The lowest BCUT2D eigenvalue weighted by molar-refractivity contribution is 0.0913. The predicted octanol–water partition coefficient (Wildman–Crippen LogP) is 2.90. The highest BCUT2D eigenvalue weighted by Crippen LogP contribution is 2.16. The van der Waals surface area contributed by atoms with E-state index in [2.05, 4.69) is 34.8 Å². The molecule has 1 aromatic heterocycles. The molecule has 0 unspecified atom stereocenters. The Kier molecular flexibility index (Phi) is 6.98. The minimum atomic E-state index is -0.0155. The summed E-state index contributed by atoms with van der Waals surface area (Å²) >= 11 is 3.79. The number of carbonyl (C=O) groups excluding carboxylic acids is 1. The molecule has 1 aromatic rings. The van der Waals surface area contributed by atoms with Gasteiger partial charge in [-0.05, 0) is 35.1 Å². The van der Waals surface area contributed by atoms with Gasteiger partial charge in [0.05, 0.1) is 15.1 Å².